The lowest BCUT2D eigenvalue weighted by Crippen LogP contribution is -2.31. The monoisotopic (exact) mass is 435 g/mol. The smallest absolute Gasteiger partial charge is 0.264 e. The predicted octanol–water partition coefficient (Wildman–Crippen LogP) is 4.50. The molecule has 1 atom stereocenters. The minimum absolute atomic E-state index is 0.0674. The molecule has 2 aliphatic rings. The van der Waals surface area contributed by atoms with Crippen LogP contribution in [0.1, 0.15) is 58.3 Å². The average Bonchev–Trinajstić information content (AvgIpc) is 3.37. The molecule has 7 heteroatoms. The molecule has 0 spiro atoms. The van der Waals surface area contributed by atoms with Gasteiger partial charge in [-0.05, 0) is 47.7 Å². The predicted molar refractivity (Wildman–Crippen MR) is 130 cm³/mol. The summed E-state index contributed by atoms with van der Waals surface area (Å²) in [7, 11) is 0. The number of carbonyl (C=O) groups is 1. The molecule has 2 aliphatic heterocycles. The Morgan fingerprint density at radius 1 is 1.32 bits per heavy atom. The lowest BCUT2D eigenvalue weighted by molar-refractivity contribution is 0.0795. The number of thiophene rings is 1. The molecular weight excluding hydrogens is 406 g/mol. The highest BCUT2D eigenvalue weighted by molar-refractivity contribution is 7.15. The first-order valence-corrected chi connectivity index (χ1v) is 11.6. The summed E-state index contributed by atoms with van der Waals surface area (Å²) in [6.07, 6.45) is 7.56. The van der Waals surface area contributed by atoms with Crippen LogP contribution in [0, 0.1) is 0 Å². The van der Waals surface area contributed by atoms with Crippen molar-refractivity contribution in [2.45, 2.75) is 45.2 Å². The molecule has 0 saturated carbocycles. The van der Waals surface area contributed by atoms with Crippen LogP contribution in [0.25, 0.3) is 6.08 Å². The molecule has 1 aromatic carbocycles. The van der Waals surface area contributed by atoms with Gasteiger partial charge in [-0.2, -0.15) is 0 Å². The first-order chi connectivity index (χ1) is 15.0. The second kappa shape index (κ2) is 9.58. The number of anilines is 1. The highest BCUT2D eigenvalue weighted by Crippen LogP contribution is 2.28. The van der Waals surface area contributed by atoms with Crippen molar-refractivity contribution in [3.05, 3.63) is 57.3 Å². The van der Waals surface area contributed by atoms with Gasteiger partial charge in [0.25, 0.3) is 5.91 Å². The molecule has 31 heavy (non-hydrogen) atoms. The Labute approximate surface area is 187 Å². The van der Waals surface area contributed by atoms with Crippen molar-refractivity contribution in [2.24, 2.45) is 15.7 Å². The SMILES string of the molecule is CC(C)c1cccc(NC2=NCc3cc(C(=O)N4CCC(N)C4)sc3/C=C\CC=N2)c1. The molecule has 0 aliphatic carbocycles. The van der Waals surface area contributed by atoms with Crippen LogP contribution in [-0.4, -0.2) is 42.1 Å². The summed E-state index contributed by atoms with van der Waals surface area (Å²) >= 11 is 1.53. The maximum absolute atomic E-state index is 12.9. The molecular formula is C24H29N5OS. The van der Waals surface area contributed by atoms with E-state index >= 15 is 0 Å². The van der Waals surface area contributed by atoms with Gasteiger partial charge in [0.2, 0.25) is 5.96 Å². The number of nitrogens with zero attached hydrogens (tertiary/aromatic N) is 3. The van der Waals surface area contributed by atoms with Gasteiger partial charge in [0.05, 0.1) is 11.4 Å². The van der Waals surface area contributed by atoms with Gasteiger partial charge in [0, 0.05) is 42.3 Å². The molecule has 0 bridgehead atoms. The van der Waals surface area contributed by atoms with Crippen LogP contribution in [0.4, 0.5) is 5.69 Å². The van der Waals surface area contributed by atoms with E-state index in [9.17, 15) is 4.79 Å². The van der Waals surface area contributed by atoms with Crippen LogP contribution in [0.2, 0.25) is 0 Å². The summed E-state index contributed by atoms with van der Waals surface area (Å²) in [4.78, 5) is 25.8. The molecule has 1 aromatic heterocycles. The average molecular weight is 436 g/mol. The lowest BCUT2D eigenvalue weighted by atomic mass is 10.0. The van der Waals surface area contributed by atoms with Crippen molar-refractivity contribution >= 4 is 41.2 Å². The minimum Gasteiger partial charge on any atom is -0.336 e. The third-order valence-electron chi connectivity index (χ3n) is 5.50. The van der Waals surface area contributed by atoms with Crippen LogP contribution in [-0.2, 0) is 6.54 Å². The maximum Gasteiger partial charge on any atom is 0.264 e. The van der Waals surface area contributed by atoms with E-state index in [1.807, 2.05) is 29.3 Å². The number of rotatable bonds is 3. The number of aliphatic imine (C=N–C) groups is 2. The third-order valence-corrected chi connectivity index (χ3v) is 6.63. The Morgan fingerprint density at radius 2 is 2.19 bits per heavy atom. The Balaban J connectivity index is 1.55. The van der Waals surface area contributed by atoms with Gasteiger partial charge >= 0.3 is 0 Å². The van der Waals surface area contributed by atoms with Crippen LogP contribution < -0.4 is 11.1 Å². The number of benzene rings is 1. The van der Waals surface area contributed by atoms with E-state index in [-0.39, 0.29) is 11.9 Å². The number of guanidine groups is 1. The molecule has 1 unspecified atom stereocenters. The van der Waals surface area contributed by atoms with Crippen LogP contribution in [0.3, 0.4) is 0 Å². The van der Waals surface area contributed by atoms with Crippen molar-refractivity contribution in [2.75, 3.05) is 18.4 Å². The molecule has 6 nitrogen and oxygen atoms in total. The Bertz CT molecular complexity index is 1040. The Hall–Kier alpha value is -2.77. The maximum atomic E-state index is 12.9. The fraction of sp³-hybridized carbons (Fsp3) is 0.375. The van der Waals surface area contributed by atoms with Crippen molar-refractivity contribution < 1.29 is 4.79 Å². The fourth-order valence-electron chi connectivity index (χ4n) is 3.69. The van der Waals surface area contributed by atoms with Gasteiger partial charge < -0.3 is 16.0 Å². The zero-order valence-corrected chi connectivity index (χ0v) is 18.9. The van der Waals surface area contributed by atoms with E-state index < -0.39 is 0 Å². The van der Waals surface area contributed by atoms with Crippen molar-refractivity contribution in [1.29, 1.82) is 0 Å². The van der Waals surface area contributed by atoms with E-state index in [1.54, 1.807) is 0 Å². The summed E-state index contributed by atoms with van der Waals surface area (Å²) in [5.74, 6) is 1.10. The first kappa shape index (κ1) is 21.5. The van der Waals surface area contributed by atoms with Gasteiger partial charge in [-0.3, -0.25) is 4.79 Å². The van der Waals surface area contributed by atoms with Crippen molar-refractivity contribution in [3.63, 3.8) is 0 Å². The number of amides is 1. The van der Waals surface area contributed by atoms with Gasteiger partial charge in [-0.25, -0.2) is 9.98 Å². The van der Waals surface area contributed by atoms with Crippen LogP contribution >= 0.6 is 11.3 Å². The minimum atomic E-state index is 0.0674. The lowest BCUT2D eigenvalue weighted by Gasteiger charge is -2.14. The van der Waals surface area contributed by atoms with Crippen molar-refractivity contribution in [3.8, 4) is 0 Å². The van der Waals surface area contributed by atoms with Crippen LogP contribution in [0.15, 0.2) is 46.4 Å². The second-order valence-electron chi connectivity index (χ2n) is 8.29. The number of hydrogen-bond acceptors (Lipinski definition) is 6. The number of hydrogen-bond donors (Lipinski definition) is 2. The molecule has 3 heterocycles. The second-order valence-corrected chi connectivity index (χ2v) is 9.38. The molecule has 1 saturated heterocycles. The first-order valence-electron chi connectivity index (χ1n) is 10.8. The molecule has 2 aromatic rings. The zero-order valence-electron chi connectivity index (χ0n) is 18.0. The highest BCUT2D eigenvalue weighted by Gasteiger charge is 2.26. The third kappa shape index (κ3) is 5.29. The largest absolute Gasteiger partial charge is 0.336 e. The normalized spacial score (nSPS) is 19.8. The summed E-state index contributed by atoms with van der Waals surface area (Å²) in [6, 6.07) is 10.4. The van der Waals surface area contributed by atoms with Gasteiger partial charge in [-0.15, -0.1) is 11.3 Å². The summed E-state index contributed by atoms with van der Waals surface area (Å²) in [5.41, 5.74) is 9.26. The number of allylic oxidation sites excluding steroid dienone is 1. The quantitative estimate of drug-likeness (QED) is 0.745. The number of nitrogens with two attached hydrogens (primary N) is 1. The molecule has 3 N–H and O–H groups in total. The molecule has 4 rings (SSSR count). The topological polar surface area (TPSA) is 83.1 Å². The number of nitrogens with one attached hydrogen (secondary N) is 1. The highest BCUT2D eigenvalue weighted by atomic mass is 32.1. The van der Waals surface area contributed by atoms with Gasteiger partial charge in [0.1, 0.15) is 0 Å². The van der Waals surface area contributed by atoms with Gasteiger partial charge in [0.15, 0.2) is 0 Å². The number of carbonyl (C=O) groups excluding carboxylic acids is 1. The van der Waals surface area contributed by atoms with E-state index in [2.05, 4.69) is 48.4 Å². The summed E-state index contributed by atoms with van der Waals surface area (Å²) < 4.78 is 0. The molecule has 1 amide bonds. The standard InChI is InChI=1S/C24H29N5OS/c1-16(2)17-6-5-7-20(12-17)28-24-26-10-4-3-8-21-18(14-27-24)13-22(31-21)23(30)29-11-9-19(25)15-29/h3,5-8,10,12-13,16,19H,4,9,11,14-15,25H2,1-2H3,(H,27,28)/b8-3-,26-10?. The Morgan fingerprint density at radius 3 is 2.97 bits per heavy atom. The van der Waals surface area contributed by atoms with E-state index in [4.69, 9.17) is 10.7 Å². The van der Waals surface area contributed by atoms with Crippen LogP contribution in [0.5, 0.6) is 0 Å². The van der Waals surface area contributed by atoms with Gasteiger partial charge in [-0.1, -0.05) is 32.1 Å². The fourth-order valence-corrected chi connectivity index (χ4v) is 4.77. The number of likely N-dealkylation sites (tertiary alicyclic amines) is 1. The summed E-state index contributed by atoms with van der Waals surface area (Å²) in [6.45, 7) is 6.18. The van der Waals surface area contributed by atoms with E-state index in [0.29, 0.717) is 31.4 Å². The number of fused-ring (bicyclic) bond motifs is 1. The summed E-state index contributed by atoms with van der Waals surface area (Å²) in [5, 5.41) is 3.34. The molecule has 162 valence electrons. The van der Waals surface area contributed by atoms with E-state index in [0.717, 1.165) is 34.0 Å². The van der Waals surface area contributed by atoms with E-state index in [1.165, 1.54) is 16.9 Å². The molecule has 1 fully saturated rings. The molecule has 0 radical (unpaired) electrons. The zero-order chi connectivity index (χ0) is 21.8. The Kier molecular flexibility index (Phi) is 6.63. The van der Waals surface area contributed by atoms with Crippen molar-refractivity contribution in [1.82, 2.24) is 4.90 Å².